The first-order chi connectivity index (χ1) is 13.8. The van der Waals surface area contributed by atoms with E-state index in [2.05, 4.69) is 15.1 Å². The largest absolute Gasteiger partial charge is 0.497 e. The van der Waals surface area contributed by atoms with Crippen LogP contribution in [0.25, 0.3) is 11.5 Å². The zero-order chi connectivity index (χ0) is 19.2. The van der Waals surface area contributed by atoms with E-state index in [4.69, 9.17) is 13.9 Å². The van der Waals surface area contributed by atoms with Crippen LogP contribution in [0, 0.1) is 5.92 Å². The van der Waals surface area contributed by atoms with E-state index in [0.29, 0.717) is 30.9 Å². The molecule has 1 fully saturated rings. The van der Waals surface area contributed by atoms with Gasteiger partial charge in [0, 0.05) is 24.1 Å². The monoisotopic (exact) mass is 379 g/mol. The molecule has 0 saturated carbocycles. The maximum Gasteiger partial charge on any atom is 0.247 e. The average molecular weight is 379 g/mol. The maximum atomic E-state index is 5.99. The van der Waals surface area contributed by atoms with Crippen molar-refractivity contribution in [1.82, 2.24) is 15.1 Å². The minimum Gasteiger partial charge on any atom is -0.497 e. The molecule has 6 nitrogen and oxygen atoms in total. The molecule has 0 unspecified atom stereocenters. The van der Waals surface area contributed by atoms with E-state index in [9.17, 15) is 0 Å². The Labute approximate surface area is 165 Å². The molecule has 1 aromatic heterocycles. The van der Waals surface area contributed by atoms with Crippen LogP contribution in [0.1, 0.15) is 18.7 Å². The second-order valence-corrected chi connectivity index (χ2v) is 7.10. The van der Waals surface area contributed by atoms with Crippen LogP contribution in [0.2, 0.25) is 0 Å². The lowest BCUT2D eigenvalue weighted by molar-refractivity contribution is 0.117. The van der Waals surface area contributed by atoms with Crippen LogP contribution in [0.5, 0.6) is 11.5 Å². The van der Waals surface area contributed by atoms with Gasteiger partial charge in [0.1, 0.15) is 11.5 Å². The molecule has 1 aliphatic rings. The number of hydrogen-bond acceptors (Lipinski definition) is 6. The summed E-state index contributed by atoms with van der Waals surface area (Å²) in [6.07, 6.45) is 2.31. The summed E-state index contributed by atoms with van der Waals surface area (Å²) in [5.41, 5.74) is 0.949. The van der Waals surface area contributed by atoms with Gasteiger partial charge < -0.3 is 13.9 Å². The van der Waals surface area contributed by atoms with Crippen molar-refractivity contribution in [3.63, 3.8) is 0 Å². The second-order valence-electron chi connectivity index (χ2n) is 7.10. The van der Waals surface area contributed by atoms with Gasteiger partial charge in [0.25, 0.3) is 0 Å². The van der Waals surface area contributed by atoms with Gasteiger partial charge in [-0.25, -0.2) is 0 Å². The Morgan fingerprint density at radius 1 is 1.07 bits per heavy atom. The van der Waals surface area contributed by atoms with E-state index >= 15 is 0 Å². The highest BCUT2D eigenvalue weighted by Crippen LogP contribution is 2.23. The van der Waals surface area contributed by atoms with Crippen molar-refractivity contribution < 1.29 is 13.9 Å². The molecule has 28 heavy (non-hydrogen) atoms. The average Bonchev–Trinajstić information content (AvgIpc) is 3.22. The molecule has 0 spiro atoms. The number of nitrogens with zero attached hydrogens (tertiary/aromatic N) is 3. The first kappa shape index (κ1) is 18.5. The van der Waals surface area contributed by atoms with Gasteiger partial charge in [-0.15, -0.1) is 10.2 Å². The van der Waals surface area contributed by atoms with Crippen molar-refractivity contribution in [3.8, 4) is 23.0 Å². The second kappa shape index (κ2) is 8.89. The van der Waals surface area contributed by atoms with Gasteiger partial charge in [-0.2, -0.15) is 0 Å². The summed E-state index contributed by atoms with van der Waals surface area (Å²) in [5, 5.41) is 8.40. The molecule has 0 bridgehead atoms. The molecule has 1 saturated heterocycles. The number of likely N-dealkylation sites (tertiary alicyclic amines) is 1. The minimum absolute atomic E-state index is 0.483. The van der Waals surface area contributed by atoms with E-state index in [1.54, 1.807) is 7.11 Å². The van der Waals surface area contributed by atoms with E-state index in [-0.39, 0.29) is 0 Å². The lowest BCUT2D eigenvalue weighted by atomic mass is 9.99. The highest BCUT2D eigenvalue weighted by atomic mass is 16.5. The third kappa shape index (κ3) is 4.70. The Morgan fingerprint density at radius 3 is 2.79 bits per heavy atom. The zero-order valence-corrected chi connectivity index (χ0v) is 16.1. The topological polar surface area (TPSA) is 60.6 Å². The van der Waals surface area contributed by atoms with Gasteiger partial charge in [0.15, 0.2) is 0 Å². The van der Waals surface area contributed by atoms with Gasteiger partial charge in [-0.05, 0) is 43.7 Å². The molecule has 0 radical (unpaired) electrons. The molecule has 2 aromatic carbocycles. The number of benzene rings is 2. The first-order valence-electron chi connectivity index (χ1n) is 9.67. The number of rotatable bonds is 7. The highest BCUT2D eigenvalue weighted by Gasteiger charge is 2.22. The zero-order valence-electron chi connectivity index (χ0n) is 16.1. The van der Waals surface area contributed by atoms with Crippen molar-refractivity contribution >= 4 is 0 Å². The SMILES string of the molecule is COc1cccc(OC[C@@H]2CCCN(Cc3nnc(-c4ccccc4)o3)C2)c1. The Bertz CT molecular complexity index is 881. The molecule has 0 N–H and O–H groups in total. The Hall–Kier alpha value is -2.86. The van der Waals surface area contributed by atoms with E-state index in [1.807, 2.05) is 54.6 Å². The quantitative estimate of drug-likeness (QED) is 0.618. The molecule has 0 aliphatic carbocycles. The number of ether oxygens (including phenoxy) is 2. The molecule has 1 aliphatic heterocycles. The summed E-state index contributed by atoms with van der Waals surface area (Å²) >= 11 is 0. The van der Waals surface area contributed by atoms with Crippen molar-refractivity contribution in [2.45, 2.75) is 19.4 Å². The molecule has 4 rings (SSSR count). The third-order valence-corrected chi connectivity index (χ3v) is 4.98. The molecule has 0 amide bonds. The molecule has 2 heterocycles. The van der Waals surface area contributed by atoms with Crippen LogP contribution in [-0.4, -0.2) is 41.9 Å². The number of piperidine rings is 1. The van der Waals surface area contributed by atoms with Crippen LogP contribution in [0.3, 0.4) is 0 Å². The summed E-state index contributed by atoms with van der Waals surface area (Å²) in [6.45, 7) is 3.38. The maximum absolute atomic E-state index is 5.99. The number of aromatic nitrogens is 2. The summed E-state index contributed by atoms with van der Waals surface area (Å²) in [4.78, 5) is 2.37. The Kier molecular flexibility index (Phi) is 5.87. The van der Waals surface area contributed by atoms with Crippen molar-refractivity contribution in [1.29, 1.82) is 0 Å². The first-order valence-corrected chi connectivity index (χ1v) is 9.67. The molecular formula is C22H25N3O3. The smallest absolute Gasteiger partial charge is 0.247 e. The predicted octanol–water partition coefficient (Wildman–Crippen LogP) is 4.04. The van der Waals surface area contributed by atoms with Crippen molar-refractivity contribution in [2.24, 2.45) is 5.92 Å². The minimum atomic E-state index is 0.483. The normalized spacial score (nSPS) is 17.4. The molecule has 3 aromatic rings. The summed E-state index contributed by atoms with van der Waals surface area (Å²) in [7, 11) is 1.67. The molecular weight excluding hydrogens is 354 g/mol. The van der Waals surface area contributed by atoms with Gasteiger partial charge in [-0.3, -0.25) is 4.90 Å². The lowest BCUT2D eigenvalue weighted by Gasteiger charge is -2.31. The highest BCUT2D eigenvalue weighted by molar-refractivity contribution is 5.51. The van der Waals surface area contributed by atoms with E-state index < -0.39 is 0 Å². The Balaban J connectivity index is 1.31. The van der Waals surface area contributed by atoms with Crippen LogP contribution in [-0.2, 0) is 6.54 Å². The standard InChI is InChI=1S/C22H25N3O3/c1-26-19-10-5-11-20(13-19)27-16-17-7-6-12-25(14-17)15-21-23-24-22(28-21)18-8-3-2-4-9-18/h2-5,8-11,13,17H,6-7,12,14-16H2,1H3/t17-/m1/s1. The van der Waals surface area contributed by atoms with Crippen molar-refractivity contribution in [2.75, 3.05) is 26.8 Å². The van der Waals surface area contributed by atoms with Crippen LogP contribution < -0.4 is 9.47 Å². The molecule has 146 valence electrons. The molecule has 6 heteroatoms. The third-order valence-electron chi connectivity index (χ3n) is 4.98. The fourth-order valence-electron chi connectivity index (χ4n) is 3.54. The Morgan fingerprint density at radius 2 is 1.93 bits per heavy atom. The van der Waals surface area contributed by atoms with E-state index in [1.165, 1.54) is 6.42 Å². The van der Waals surface area contributed by atoms with Gasteiger partial charge in [0.2, 0.25) is 11.8 Å². The number of hydrogen-bond donors (Lipinski definition) is 0. The fraction of sp³-hybridized carbons (Fsp3) is 0.364. The van der Waals surface area contributed by atoms with Crippen LogP contribution in [0.4, 0.5) is 0 Å². The summed E-state index contributed by atoms with van der Waals surface area (Å²) < 4.78 is 17.1. The van der Waals surface area contributed by atoms with Crippen LogP contribution in [0.15, 0.2) is 59.0 Å². The van der Waals surface area contributed by atoms with Crippen molar-refractivity contribution in [3.05, 3.63) is 60.5 Å². The van der Waals surface area contributed by atoms with Gasteiger partial charge in [-0.1, -0.05) is 24.3 Å². The summed E-state index contributed by atoms with van der Waals surface area (Å²) in [5.74, 6) is 3.38. The predicted molar refractivity (Wildman–Crippen MR) is 106 cm³/mol. The van der Waals surface area contributed by atoms with Gasteiger partial charge >= 0.3 is 0 Å². The van der Waals surface area contributed by atoms with Gasteiger partial charge in [0.05, 0.1) is 20.3 Å². The summed E-state index contributed by atoms with van der Waals surface area (Å²) in [6, 6.07) is 17.6. The number of methoxy groups -OCH3 is 1. The fourth-order valence-corrected chi connectivity index (χ4v) is 3.54. The van der Waals surface area contributed by atoms with Crippen LogP contribution >= 0.6 is 0 Å². The van der Waals surface area contributed by atoms with E-state index in [0.717, 1.165) is 36.6 Å². The lowest BCUT2D eigenvalue weighted by Crippen LogP contribution is -2.37. The molecule has 1 atom stereocenters.